The first-order valence-electron chi connectivity index (χ1n) is 7.75. The maximum Gasteiger partial charge on any atom is 0.248 e. The van der Waals surface area contributed by atoms with Crippen LogP contribution < -0.4 is 5.73 Å². The van der Waals surface area contributed by atoms with Gasteiger partial charge in [0, 0.05) is 23.7 Å². The molecule has 1 aliphatic rings. The van der Waals surface area contributed by atoms with Crippen LogP contribution in [-0.2, 0) is 6.54 Å². The van der Waals surface area contributed by atoms with Crippen molar-refractivity contribution in [2.45, 2.75) is 26.3 Å². The lowest BCUT2D eigenvalue weighted by molar-refractivity contribution is 0.270. The molecule has 0 aliphatic carbocycles. The smallest absolute Gasteiger partial charge is 0.248 e. The highest BCUT2D eigenvalue weighted by atomic mass is 127. The van der Waals surface area contributed by atoms with E-state index >= 15 is 0 Å². The van der Waals surface area contributed by atoms with E-state index in [1.165, 1.54) is 6.42 Å². The second-order valence-corrected chi connectivity index (χ2v) is 6.33. The summed E-state index contributed by atoms with van der Waals surface area (Å²) >= 11 is 5.97. The Kier molecular flexibility index (Phi) is 6.85. The monoisotopic (exact) mass is 461 g/mol. The predicted molar refractivity (Wildman–Crippen MR) is 105 cm³/mol. The second kappa shape index (κ2) is 8.66. The van der Waals surface area contributed by atoms with E-state index in [4.69, 9.17) is 21.9 Å². The van der Waals surface area contributed by atoms with Crippen molar-refractivity contribution in [3.63, 3.8) is 0 Å². The quantitative estimate of drug-likeness (QED) is 0.429. The van der Waals surface area contributed by atoms with Gasteiger partial charge in [0.1, 0.15) is 6.54 Å². The van der Waals surface area contributed by atoms with Crippen LogP contribution in [0.5, 0.6) is 0 Å². The van der Waals surface area contributed by atoms with Crippen molar-refractivity contribution in [3.05, 3.63) is 35.2 Å². The van der Waals surface area contributed by atoms with E-state index in [0.717, 1.165) is 25.1 Å². The third kappa shape index (κ3) is 4.83. The van der Waals surface area contributed by atoms with E-state index in [1.807, 2.05) is 12.1 Å². The Morgan fingerprint density at radius 3 is 3.08 bits per heavy atom. The standard InChI is InChI=1S/C16H20ClN5O.HI/c1-11-4-3-7-22(10-11)16(18)19-9-14-20-15(21-23-14)12-5-2-6-13(17)8-12;/h2,5-6,8,11H,3-4,7,9-10H2,1H3,(H2,18,19);1H. The third-order valence-corrected chi connectivity index (χ3v) is 4.14. The van der Waals surface area contributed by atoms with Gasteiger partial charge in [-0.1, -0.05) is 35.8 Å². The number of benzene rings is 1. The van der Waals surface area contributed by atoms with Gasteiger partial charge in [-0.15, -0.1) is 24.0 Å². The molecule has 24 heavy (non-hydrogen) atoms. The third-order valence-electron chi connectivity index (χ3n) is 3.91. The van der Waals surface area contributed by atoms with Gasteiger partial charge in [-0.25, -0.2) is 4.99 Å². The molecule has 2 heterocycles. The maximum atomic E-state index is 6.06. The molecule has 6 nitrogen and oxygen atoms in total. The summed E-state index contributed by atoms with van der Waals surface area (Å²) in [6.45, 7) is 4.42. The van der Waals surface area contributed by atoms with Crippen LogP contribution in [0.3, 0.4) is 0 Å². The zero-order valence-corrected chi connectivity index (χ0v) is 16.6. The number of nitrogens with two attached hydrogens (primary N) is 1. The fourth-order valence-corrected chi connectivity index (χ4v) is 2.90. The number of nitrogens with zero attached hydrogens (tertiary/aromatic N) is 4. The number of halogens is 2. The maximum absolute atomic E-state index is 6.06. The Morgan fingerprint density at radius 1 is 1.50 bits per heavy atom. The van der Waals surface area contributed by atoms with E-state index < -0.39 is 0 Å². The molecular formula is C16H21ClIN5O. The zero-order valence-electron chi connectivity index (χ0n) is 13.5. The average molecular weight is 462 g/mol. The Hall–Kier alpha value is -1.35. The molecule has 2 aromatic rings. The van der Waals surface area contributed by atoms with E-state index in [-0.39, 0.29) is 30.5 Å². The summed E-state index contributed by atoms with van der Waals surface area (Å²) in [4.78, 5) is 10.8. The summed E-state index contributed by atoms with van der Waals surface area (Å²) in [6, 6.07) is 7.33. The number of piperidine rings is 1. The molecular weight excluding hydrogens is 441 g/mol. The number of likely N-dealkylation sites (tertiary alicyclic amines) is 1. The molecule has 130 valence electrons. The molecule has 1 saturated heterocycles. The van der Waals surface area contributed by atoms with Crippen LogP contribution >= 0.6 is 35.6 Å². The van der Waals surface area contributed by atoms with Crippen LogP contribution in [0.1, 0.15) is 25.7 Å². The van der Waals surface area contributed by atoms with E-state index in [0.29, 0.717) is 28.6 Å². The summed E-state index contributed by atoms with van der Waals surface area (Å²) in [6.07, 6.45) is 2.40. The van der Waals surface area contributed by atoms with E-state index in [9.17, 15) is 0 Å². The van der Waals surface area contributed by atoms with Crippen LogP contribution in [0.15, 0.2) is 33.8 Å². The SMILES string of the molecule is CC1CCCN(C(N)=NCc2nc(-c3cccc(Cl)c3)no2)C1.I. The summed E-state index contributed by atoms with van der Waals surface area (Å²) in [5, 5.41) is 4.60. The molecule has 0 amide bonds. The fourth-order valence-electron chi connectivity index (χ4n) is 2.71. The van der Waals surface area contributed by atoms with Crippen LogP contribution in [0.2, 0.25) is 5.02 Å². The highest BCUT2D eigenvalue weighted by Gasteiger charge is 2.18. The Bertz CT molecular complexity index is 705. The molecule has 1 fully saturated rings. The van der Waals surface area contributed by atoms with Gasteiger partial charge in [0.15, 0.2) is 5.96 Å². The van der Waals surface area contributed by atoms with Gasteiger partial charge < -0.3 is 15.2 Å². The molecule has 1 unspecified atom stereocenters. The largest absolute Gasteiger partial charge is 0.370 e. The average Bonchev–Trinajstić information content (AvgIpc) is 3.01. The molecule has 3 rings (SSSR count). The minimum absolute atomic E-state index is 0. The van der Waals surface area contributed by atoms with Gasteiger partial charge in [-0.2, -0.15) is 4.98 Å². The molecule has 1 aromatic carbocycles. The zero-order chi connectivity index (χ0) is 16.2. The van der Waals surface area contributed by atoms with Crippen molar-refractivity contribution in [2.75, 3.05) is 13.1 Å². The van der Waals surface area contributed by atoms with Crippen LogP contribution in [-0.4, -0.2) is 34.1 Å². The first-order chi connectivity index (χ1) is 11.1. The number of hydrogen-bond acceptors (Lipinski definition) is 4. The Balaban J connectivity index is 0.00000208. The molecule has 0 radical (unpaired) electrons. The minimum atomic E-state index is 0. The lowest BCUT2D eigenvalue weighted by Gasteiger charge is -2.31. The van der Waals surface area contributed by atoms with E-state index in [2.05, 4.69) is 27.0 Å². The number of guanidine groups is 1. The lowest BCUT2D eigenvalue weighted by atomic mass is 10.0. The van der Waals surface area contributed by atoms with Crippen molar-refractivity contribution in [1.82, 2.24) is 15.0 Å². The molecule has 8 heteroatoms. The van der Waals surface area contributed by atoms with Gasteiger partial charge in [-0.05, 0) is 30.9 Å². The van der Waals surface area contributed by atoms with Crippen molar-refractivity contribution >= 4 is 41.5 Å². The van der Waals surface area contributed by atoms with Crippen molar-refractivity contribution < 1.29 is 4.52 Å². The van der Waals surface area contributed by atoms with Crippen molar-refractivity contribution in [3.8, 4) is 11.4 Å². The molecule has 0 bridgehead atoms. The molecule has 0 spiro atoms. The van der Waals surface area contributed by atoms with Gasteiger partial charge in [0.05, 0.1) is 0 Å². The van der Waals surface area contributed by atoms with Gasteiger partial charge in [-0.3, -0.25) is 0 Å². The molecule has 1 aliphatic heterocycles. The van der Waals surface area contributed by atoms with Crippen molar-refractivity contribution in [1.29, 1.82) is 0 Å². The molecule has 1 atom stereocenters. The summed E-state index contributed by atoms with van der Waals surface area (Å²) in [5.74, 6) is 2.13. The Morgan fingerprint density at radius 2 is 2.33 bits per heavy atom. The summed E-state index contributed by atoms with van der Waals surface area (Å²) < 4.78 is 5.23. The summed E-state index contributed by atoms with van der Waals surface area (Å²) in [5.41, 5.74) is 6.88. The Labute approximate surface area is 163 Å². The molecule has 1 aromatic heterocycles. The highest BCUT2D eigenvalue weighted by molar-refractivity contribution is 14.0. The highest BCUT2D eigenvalue weighted by Crippen LogP contribution is 2.20. The van der Waals surface area contributed by atoms with Crippen LogP contribution in [0.4, 0.5) is 0 Å². The number of hydrogen-bond donors (Lipinski definition) is 1. The first kappa shape index (κ1) is 19.0. The first-order valence-corrected chi connectivity index (χ1v) is 8.13. The lowest BCUT2D eigenvalue weighted by Crippen LogP contribution is -2.43. The van der Waals surface area contributed by atoms with Crippen molar-refractivity contribution in [2.24, 2.45) is 16.6 Å². The molecule has 2 N–H and O–H groups in total. The predicted octanol–water partition coefficient (Wildman–Crippen LogP) is 3.55. The minimum Gasteiger partial charge on any atom is -0.370 e. The van der Waals surface area contributed by atoms with Gasteiger partial charge in [0.25, 0.3) is 0 Å². The van der Waals surface area contributed by atoms with Crippen LogP contribution in [0, 0.1) is 5.92 Å². The molecule has 0 saturated carbocycles. The van der Waals surface area contributed by atoms with Gasteiger partial charge >= 0.3 is 0 Å². The number of aromatic nitrogens is 2. The number of aliphatic imine (C=N–C) groups is 1. The normalized spacial score (nSPS) is 18.3. The summed E-state index contributed by atoms with van der Waals surface area (Å²) in [7, 11) is 0. The number of rotatable bonds is 3. The van der Waals surface area contributed by atoms with E-state index in [1.54, 1.807) is 12.1 Å². The second-order valence-electron chi connectivity index (χ2n) is 5.89. The van der Waals surface area contributed by atoms with Gasteiger partial charge in [0.2, 0.25) is 11.7 Å². The fraction of sp³-hybridized carbons (Fsp3) is 0.438. The topological polar surface area (TPSA) is 80.5 Å². The van der Waals surface area contributed by atoms with Crippen LogP contribution in [0.25, 0.3) is 11.4 Å².